The molecular formula is C39H67NO7. The Hall–Kier alpha value is -2.64. The molecular weight excluding hydrogens is 594 g/mol. The number of allylic oxidation sites excluding steroid dienone is 2. The summed E-state index contributed by atoms with van der Waals surface area (Å²) in [5.74, 6) is -0.964. The van der Waals surface area contributed by atoms with E-state index in [9.17, 15) is 19.2 Å². The van der Waals surface area contributed by atoms with E-state index in [2.05, 4.69) is 26.1 Å². The first-order valence-electron chi connectivity index (χ1n) is 19.2. The third-order valence-corrected chi connectivity index (χ3v) is 8.49. The molecule has 0 bridgehead atoms. The van der Waals surface area contributed by atoms with Gasteiger partial charge in [0.15, 0.2) is 5.76 Å². The number of nitrogens with one attached hydrogen (secondary N) is 1. The average molecular weight is 662 g/mol. The second kappa shape index (κ2) is 29.5. The quantitative estimate of drug-likeness (QED) is 0.0432. The SMILES string of the molecule is CCCCCCCCCCCCCC1=C(OCCCC(=O)OCCCCCC)C(=O)C=C(NCCCC(=O)OCCCCCC)C1=O. The minimum absolute atomic E-state index is 0.104. The van der Waals surface area contributed by atoms with Crippen LogP contribution < -0.4 is 5.32 Å². The van der Waals surface area contributed by atoms with E-state index in [-0.39, 0.29) is 54.4 Å². The Morgan fingerprint density at radius 2 is 1.04 bits per heavy atom. The number of hydrogen-bond donors (Lipinski definition) is 1. The molecule has 0 atom stereocenters. The number of ether oxygens (including phenoxy) is 3. The van der Waals surface area contributed by atoms with Crippen molar-refractivity contribution in [3.8, 4) is 0 Å². The van der Waals surface area contributed by atoms with Gasteiger partial charge in [0.25, 0.3) is 0 Å². The molecule has 270 valence electrons. The fourth-order valence-electron chi connectivity index (χ4n) is 5.58. The molecule has 8 nitrogen and oxygen atoms in total. The maximum atomic E-state index is 13.5. The number of Topliss-reactive ketones (excluding diaryl/α,β-unsaturated/α-hetero) is 1. The summed E-state index contributed by atoms with van der Waals surface area (Å²) in [4.78, 5) is 50.7. The third kappa shape index (κ3) is 21.8. The Labute approximate surface area is 286 Å². The van der Waals surface area contributed by atoms with Crippen molar-refractivity contribution in [2.24, 2.45) is 0 Å². The van der Waals surface area contributed by atoms with Gasteiger partial charge in [0.2, 0.25) is 11.6 Å². The summed E-state index contributed by atoms with van der Waals surface area (Å²) in [6.45, 7) is 7.95. The highest BCUT2D eigenvalue weighted by Crippen LogP contribution is 2.25. The van der Waals surface area contributed by atoms with E-state index in [1.807, 2.05) is 0 Å². The monoisotopic (exact) mass is 661 g/mol. The number of unbranched alkanes of at least 4 members (excludes halogenated alkanes) is 16. The van der Waals surface area contributed by atoms with Crippen LogP contribution in [-0.4, -0.2) is 49.9 Å². The number of carbonyl (C=O) groups excluding carboxylic acids is 4. The predicted molar refractivity (Wildman–Crippen MR) is 189 cm³/mol. The second-order valence-electron chi connectivity index (χ2n) is 12.9. The van der Waals surface area contributed by atoms with Gasteiger partial charge in [-0.05, 0) is 38.5 Å². The van der Waals surface area contributed by atoms with Crippen LogP contribution in [0.3, 0.4) is 0 Å². The first-order chi connectivity index (χ1) is 22.9. The van der Waals surface area contributed by atoms with Gasteiger partial charge in [0.05, 0.1) is 25.5 Å². The summed E-state index contributed by atoms with van der Waals surface area (Å²) >= 11 is 0. The van der Waals surface area contributed by atoms with E-state index in [0.717, 1.165) is 70.6 Å². The summed E-state index contributed by atoms with van der Waals surface area (Å²) in [5, 5.41) is 3.08. The summed E-state index contributed by atoms with van der Waals surface area (Å²) in [5.41, 5.74) is 0.654. The standard InChI is InChI=1S/C39H67NO7/c1-4-7-10-13-14-15-16-17-18-19-20-25-33-38(44)34(40-28-23-26-36(42)45-29-21-11-8-5-2)32-35(41)39(33)47-31-24-27-37(43)46-30-22-12-9-6-3/h32,40H,4-31H2,1-3H3. The van der Waals surface area contributed by atoms with Gasteiger partial charge in [-0.3, -0.25) is 19.2 Å². The Bertz CT molecular complexity index is 940. The lowest BCUT2D eigenvalue weighted by Gasteiger charge is -2.20. The van der Waals surface area contributed by atoms with Gasteiger partial charge in [-0.15, -0.1) is 0 Å². The minimum Gasteiger partial charge on any atom is -0.489 e. The fraction of sp³-hybridized carbons (Fsp3) is 0.795. The molecule has 0 aromatic carbocycles. The van der Waals surface area contributed by atoms with Gasteiger partial charge in [-0.25, -0.2) is 0 Å². The van der Waals surface area contributed by atoms with Crippen LogP contribution in [0.4, 0.5) is 0 Å². The Morgan fingerprint density at radius 1 is 0.574 bits per heavy atom. The molecule has 0 spiro atoms. The highest BCUT2D eigenvalue weighted by atomic mass is 16.5. The van der Waals surface area contributed by atoms with Crippen LogP contribution in [-0.2, 0) is 33.4 Å². The summed E-state index contributed by atoms with van der Waals surface area (Å²) in [6, 6.07) is 0. The van der Waals surface area contributed by atoms with E-state index in [0.29, 0.717) is 44.6 Å². The normalized spacial score (nSPS) is 13.1. The molecule has 0 aromatic heterocycles. The molecule has 8 heteroatoms. The summed E-state index contributed by atoms with van der Waals surface area (Å²) in [7, 11) is 0. The smallest absolute Gasteiger partial charge is 0.305 e. The molecule has 1 rings (SSSR count). The third-order valence-electron chi connectivity index (χ3n) is 8.49. The molecule has 0 saturated carbocycles. The molecule has 0 unspecified atom stereocenters. The predicted octanol–water partition coefficient (Wildman–Crippen LogP) is 9.39. The summed E-state index contributed by atoms with van der Waals surface area (Å²) < 4.78 is 16.5. The molecule has 0 aliphatic heterocycles. The topological polar surface area (TPSA) is 108 Å². The van der Waals surface area contributed by atoms with Crippen LogP contribution in [0.1, 0.15) is 175 Å². The molecule has 0 amide bonds. The number of carbonyl (C=O) groups is 4. The van der Waals surface area contributed by atoms with Crippen LogP contribution in [0.15, 0.2) is 23.1 Å². The zero-order chi connectivity index (χ0) is 34.4. The maximum Gasteiger partial charge on any atom is 0.305 e. The molecule has 0 radical (unpaired) electrons. The number of hydrogen-bond acceptors (Lipinski definition) is 8. The first-order valence-corrected chi connectivity index (χ1v) is 19.2. The maximum absolute atomic E-state index is 13.5. The van der Waals surface area contributed by atoms with Gasteiger partial charge >= 0.3 is 11.9 Å². The zero-order valence-electron chi connectivity index (χ0n) is 30.2. The Balaban J connectivity index is 2.58. The van der Waals surface area contributed by atoms with Gasteiger partial charge in [-0.2, -0.15) is 0 Å². The Morgan fingerprint density at radius 3 is 1.57 bits per heavy atom. The lowest BCUT2D eigenvalue weighted by atomic mass is 9.93. The molecule has 1 aliphatic rings. The van der Waals surface area contributed by atoms with E-state index in [1.54, 1.807) is 0 Å². The van der Waals surface area contributed by atoms with Gasteiger partial charge < -0.3 is 19.5 Å². The first kappa shape index (κ1) is 42.4. The van der Waals surface area contributed by atoms with Crippen molar-refractivity contribution in [3.05, 3.63) is 23.1 Å². The Kier molecular flexibility index (Phi) is 26.6. The van der Waals surface area contributed by atoms with E-state index < -0.39 is 0 Å². The molecule has 0 fully saturated rings. The van der Waals surface area contributed by atoms with Crippen molar-refractivity contribution in [1.29, 1.82) is 0 Å². The van der Waals surface area contributed by atoms with Crippen LogP contribution in [0.2, 0.25) is 0 Å². The van der Waals surface area contributed by atoms with Crippen molar-refractivity contribution in [3.63, 3.8) is 0 Å². The van der Waals surface area contributed by atoms with Crippen molar-refractivity contribution >= 4 is 23.5 Å². The van der Waals surface area contributed by atoms with Crippen molar-refractivity contribution in [2.75, 3.05) is 26.4 Å². The second-order valence-corrected chi connectivity index (χ2v) is 12.9. The highest BCUT2D eigenvalue weighted by molar-refractivity contribution is 6.21. The average Bonchev–Trinajstić information content (AvgIpc) is 3.06. The van der Waals surface area contributed by atoms with Crippen LogP contribution in [0, 0.1) is 0 Å². The molecule has 1 aliphatic carbocycles. The van der Waals surface area contributed by atoms with Crippen LogP contribution >= 0.6 is 0 Å². The number of rotatable bonds is 32. The lowest BCUT2D eigenvalue weighted by Crippen LogP contribution is -2.30. The number of ketones is 2. The van der Waals surface area contributed by atoms with Crippen molar-refractivity contribution < 1.29 is 33.4 Å². The molecule has 0 heterocycles. The fourth-order valence-corrected chi connectivity index (χ4v) is 5.58. The minimum atomic E-state index is -0.338. The largest absolute Gasteiger partial charge is 0.489 e. The van der Waals surface area contributed by atoms with E-state index >= 15 is 0 Å². The molecule has 0 saturated heterocycles. The van der Waals surface area contributed by atoms with Crippen LogP contribution in [0.25, 0.3) is 0 Å². The van der Waals surface area contributed by atoms with Crippen molar-refractivity contribution in [2.45, 2.75) is 175 Å². The van der Waals surface area contributed by atoms with E-state index in [1.165, 1.54) is 57.4 Å². The van der Waals surface area contributed by atoms with Crippen LogP contribution in [0.5, 0.6) is 0 Å². The van der Waals surface area contributed by atoms with Gasteiger partial charge in [0.1, 0.15) is 0 Å². The molecule has 1 N–H and O–H groups in total. The van der Waals surface area contributed by atoms with Crippen molar-refractivity contribution in [1.82, 2.24) is 5.32 Å². The zero-order valence-corrected chi connectivity index (χ0v) is 30.2. The summed E-state index contributed by atoms with van der Waals surface area (Å²) in [6.07, 6.45) is 24.7. The van der Waals surface area contributed by atoms with Gasteiger partial charge in [0, 0.05) is 31.0 Å². The van der Waals surface area contributed by atoms with Gasteiger partial charge in [-0.1, -0.05) is 124 Å². The molecule has 47 heavy (non-hydrogen) atoms. The highest BCUT2D eigenvalue weighted by Gasteiger charge is 2.29. The lowest BCUT2D eigenvalue weighted by molar-refractivity contribution is -0.144. The molecule has 0 aromatic rings. The number of esters is 2. The van der Waals surface area contributed by atoms with E-state index in [4.69, 9.17) is 14.2 Å².